The predicted octanol–water partition coefficient (Wildman–Crippen LogP) is 0.0334. The average Bonchev–Trinajstić information content (AvgIpc) is 2.02. The minimum absolute atomic E-state index is 0.0226. The molecular weight excluding hydrogens is 168 g/mol. The lowest BCUT2D eigenvalue weighted by Crippen LogP contribution is -2.39. The van der Waals surface area contributed by atoms with E-state index in [1.165, 1.54) is 6.92 Å². The lowest BCUT2D eigenvalue weighted by atomic mass is 10.3. The first-order valence-electron chi connectivity index (χ1n) is 4.58. The van der Waals surface area contributed by atoms with Gasteiger partial charge in [-0.3, -0.25) is 14.5 Å². The molecule has 0 rings (SSSR count). The Morgan fingerprint density at radius 1 is 1.23 bits per heavy atom. The smallest absolute Gasteiger partial charge is 0.234 e. The minimum atomic E-state index is -0.0226. The van der Waals surface area contributed by atoms with Crippen molar-refractivity contribution in [3.63, 3.8) is 0 Å². The van der Waals surface area contributed by atoms with Crippen LogP contribution >= 0.6 is 0 Å². The largest absolute Gasteiger partial charge is 0.355 e. The molecule has 0 aromatic rings. The molecule has 0 atom stereocenters. The first-order chi connectivity index (χ1) is 6.10. The maximum absolute atomic E-state index is 11.1. The molecule has 0 fully saturated rings. The van der Waals surface area contributed by atoms with Gasteiger partial charge in [0.05, 0.1) is 13.1 Å². The van der Waals surface area contributed by atoms with Crippen LogP contribution in [0.2, 0.25) is 0 Å². The third kappa shape index (κ3) is 6.28. The second-order valence-corrected chi connectivity index (χ2v) is 2.96. The molecule has 0 aromatic heterocycles. The number of ketones is 1. The summed E-state index contributed by atoms with van der Waals surface area (Å²) in [5, 5.41) is 2.69. The van der Waals surface area contributed by atoms with E-state index in [0.29, 0.717) is 19.6 Å². The molecule has 0 aliphatic carbocycles. The molecule has 0 aliphatic heterocycles. The summed E-state index contributed by atoms with van der Waals surface area (Å²) in [5.74, 6) is 0.0664. The fourth-order valence-electron chi connectivity index (χ4n) is 1.05. The topological polar surface area (TPSA) is 49.4 Å². The Balaban J connectivity index is 3.83. The van der Waals surface area contributed by atoms with Crippen LogP contribution in [0.1, 0.15) is 20.8 Å². The maximum atomic E-state index is 11.1. The normalized spacial score (nSPS) is 10.2. The Morgan fingerprint density at radius 2 is 1.85 bits per heavy atom. The van der Waals surface area contributed by atoms with Crippen LogP contribution in [-0.2, 0) is 9.59 Å². The SMILES string of the molecule is CCNC(=O)CN(CC)CC(C)=O. The van der Waals surface area contributed by atoms with Crippen molar-refractivity contribution >= 4 is 11.7 Å². The van der Waals surface area contributed by atoms with Crippen LogP contribution < -0.4 is 5.32 Å². The molecular formula is C9H18N2O2. The van der Waals surface area contributed by atoms with Crippen LogP contribution in [0.25, 0.3) is 0 Å². The maximum Gasteiger partial charge on any atom is 0.234 e. The van der Waals surface area contributed by atoms with Crippen molar-refractivity contribution in [2.45, 2.75) is 20.8 Å². The van der Waals surface area contributed by atoms with Crippen molar-refractivity contribution in [1.82, 2.24) is 10.2 Å². The number of hydrogen-bond acceptors (Lipinski definition) is 3. The minimum Gasteiger partial charge on any atom is -0.355 e. The van der Waals surface area contributed by atoms with E-state index in [9.17, 15) is 9.59 Å². The Morgan fingerprint density at radius 3 is 2.23 bits per heavy atom. The standard InChI is InChI=1S/C9H18N2O2/c1-4-10-9(13)7-11(5-2)6-8(3)12/h4-7H2,1-3H3,(H,10,13). The van der Waals surface area contributed by atoms with Gasteiger partial charge in [-0.2, -0.15) is 0 Å². The van der Waals surface area contributed by atoms with E-state index in [-0.39, 0.29) is 11.7 Å². The molecule has 0 spiro atoms. The first kappa shape index (κ1) is 12.1. The van der Waals surface area contributed by atoms with E-state index in [1.807, 2.05) is 18.7 Å². The summed E-state index contributed by atoms with van der Waals surface area (Å²) in [6.07, 6.45) is 0. The molecule has 0 heterocycles. The molecule has 13 heavy (non-hydrogen) atoms. The molecule has 0 aromatic carbocycles. The van der Waals surface area contributed by atoms with Crippen molar-refractivity contribution in [2.75, 3.05) is 26.2 Å². The van der Waals surface area contributed by atoms with Gasteiger partial charge in [0.15, 0.2) is 0 Å². The number of nitrogens with one attached hydrogen (secondary N) is 1. The van der Waals surface area contributed by atoms with Crippen LogP contribution in [0.15, 0.2) is 0 Å². The third-order valence-corrected chi connectivity index (χ3v) is 1.63. The molecule has 0 bridgehead atoms. The Labute approximate surface area is 79.3 Å². The number of nitrogens with zero attached hydrogens (tertiary/aromatic N) is 1. The molecule has 4 heteroatoms. The second kappa shape index (κ2) is 6.60. The number of carbonyl (C=O) groups excluding carboxylic acids is 2. The first-order valence-corrected chi connectivity index (χ1v) is 4.58. The number of Topliss-reactive ketones (excluding diaryl/α,β-unsaturated/α-hetero) is 1. The van der Waals surface area contributed by atoms with E-state index in [4.69, 9.17) is 0 Å². The van der Waals surface area contributed by atoms with Crippen molar-refractivity contribution in [3.8, 4) is 0 Å². The monoisotopic (exact) mass is 186 g/mol. The number of carbonyl (C=O) groups is 2. The predicted molar refractivity (Wildman–Crippen MR) is 51.5 cm³/mol. The molecule has 4 nitrogen and oxygen atoms in total. The van der Waals surface area contributed by atoms with Gasteiger partial charge in [-0.15, -0.1) is 0 Å². The fourth-order valence-corrected chi connectivity index (χ4v) is 1.05. The summed E-state index contributed by atoms with van der Waals surface area (Å²) in [7, 11) is 0. The van der Waals surface area contributed by atoms with Crippen LogP contribution in [0.3, 0.4) is 0 Å². The quantitative estimate of drug-likeness (QED) is 0.637. The third-order valence-electron chi connectivity index (χ3n) is 1.63. The summed E-state index contributed by atoms with van der Waals surface area (Å²) in [4.78, 5) is 23.7. The van der Waals surface area contributed by atoms with Crippen molar-refractivity contribution in [1.29, 1.82) is 0 Å². The zero-order valence-corrected chi connectivity index (χ0v) is 8.59. The lowest BCUT2D eigenvalue weighted by Gasteiger charge is -2.17. The fraction of sp³-hybridized carbons (Fsp3) is 0.778. The molecule has 76 valence electrons. The highest BCUT2D eigenvalue weighted by atomic mass is 16.2. The van der Waals surface area contributed by atoms with E-state index >= 15 is 0 Å². The van der Waals surface area contributed by atoms with Gasteiger partial charge in [-0.1, -0.05) is 6.92 Å². The summed E-state index contributed by atoms with van der Waals surface area (Å²) in [5.41, 5.74) is 0. The van der Waals surface area contributed by atoms with Gasteiger partial charge in [-0.25, -0.2) is 0 Å². The van der Waals surface area contributed by atoms with E-state index in [0.717, 1.165) is 6.54 Å². The average molecular weight is 186 g/mol. The van der Waals surface area contributed by atoms with Gasteiger partial charge in [0.1, 0.15) is 5.78 Å². The van der Waals surface area contributed by atoms with Gasteiger partial charge in [0, 0.05) is 6.54 Å². The summed E-state index contributed by atoms with van der Waals surface area (Å²) >= 11 is 0. The molecule has 0 unspecified atom stereocenters. The highest BCUT2D eigenvalue weighted by Gasteiger charge is 2.09. The van der Waals surface area contributed by atoms with Gasteiger partial charge in [-0.05, 0) is 20.4 Å². The molecule has 1 N–H and O–H groups in total. The lowest BCUT2D eigenvalue weighted by molar-refractivity contribution is -0.123. The number of amides is 1. The highest BCUT2D eigenvalue weighted by molar-refractivity contribution is 5.80. The number of hydrogen-bond donors (Lipinski definition) is 1. The summed E-state index contributed by atoms with van der Waals surface area (Å²) in [6, 6.07) is 0. The van der Waals surface area contributed by atoms with E-state index in [2.05, 4.69) is 5.32 Å². The van der Waals surface area contributed by atoms with Gasteiger partial charge in [0.2, 0.25) is 5.91 Å². The molecule has 0 aliphatic rings. The zero-order chi connectivity index (χ0) is 10.3. The van der Waals surface area contributed by atoms with Crippen molar-refractivity contribution in [2.24, 2.45) is 0 Å². The summed E-state index contributed by atoms with van der Waals surface area (Å²) < 4.78 is 0. The van der Waals surface area contributed by atoms with Crippen LogP contribution in [0.5, 0.6) is 0 Å². The van der Waals surface area contributed by atoms with E-state index < -0.39 is 0 Å². The number of rotatable bonds is 6. The van der Waals surface area contributed by atoms with Crippen LogP contribution in [0.4, 0.5) is 0 Å². The Kier molecular flexibility index (Phi) is 6.14. The molecule has 0 saturated heterocycles. The second-order valence-electron chi connectivity index (χ2n) is 2.96. The van der Waals surface area contributed by atoms with Crippen molar-refractivity contribution < 1.29 is 9.59 Å². The van der Waals surface area contributed by atoms with Gasteiger partial charge < -0.3 is 5.32 Å². The van der Waals surface area contributed by atoms with Crippen molar-refractivity contribution in [3.05, 3.63) is 0 Å². The Bertz CT molecular complexity index is 180. The van der Waals surface area contributed by atoms with Crippen LogP contribution in [-0.4, -0.2) is 42.8 Å². The number of likely N-dealkylation sites (N-methyl/N-ethyl adjacent to an activating group) is 2. The van der Waals surface area contributed by atoms with E-state index in [1.54, 1.807) is 0 Å². The molecule has 1 amide bonds. The zero-order valence-electron chi connectivity index (χ0n) is 8.59. The van der Waals surface area contributed by atoms with Gasteiger partial charge >= 0.3 is 0 Å². The molecule has 0 radical (unpaired) electrons. The van der Waals surface area contributed by atoms with Gasteiger partial charge in [0.25, 0.3) is 0 Å². The summed E-state index contributed by atoms with van der Waals surface area (Å²) in [6.45, 7) is 7.35. The highest BCUT2D eigenvalue weighted by Crippen LogP contribution is 1.87. The Hall–Kier alpha value is -0.900. The van der Waals surface area contributed by atoms with Crippen LogP contribution in [0, 0.1) is 0 Å². The molecule has 0 saturated carbocycles.